The number of likely N-dealkylation sites (N-methyl/N-ethyl adjacent to an activating group) is 1. The van der Waals surface area contributed by atoms with E-state index in [1.807, 2.05) is 12.2 Å². The largest absolute Gasteiger partial charge is 0.508 e. The maximum absolute atomic E-state index is 13.9. The molecule has 0 aromatic heterocycles. The van der Waals surface area contributed by atoms with Gasteiger partial charge in [-0.2, -0.15) is 5.06 Å². The van der Waals surface area contributed by atoms with E-state index in [0.29, 0.717) is 25.2 Å². The van der Waals surface area contributed by atoms with Crippen molar-refractivity contribution in [1.29, 1.82) is 0 Å². The molecule has 0 radical (unpaired) electrons. The summed E-state index contributed by atoms with van der Waals surface area (Å²) >= 11 is 0. The normalized spacial score (nSPS) is 29.8. The minimum Gasteiger partial charge on any atom is -0.508 e. The van der Waals surface area contributed by atoms with Gasteiger partial charge in [-0.1, -0.05) is 6.07 Å². The number of aliphatic hydroxyl groups is 3. The Labute approximate surface area is 229 Å². The maximum Gasteiger partial charge on any atom is 0.255 e. The van der Waals surface area contributed by atoms with Gasteiger partial charge < -0.3 is 31.5 Å². The lowest BCUT2D eigenvalue weighted by molar-refractivity contribution is -1.04. The molecular weight excluding hydrogens is 520 g/mol. The Morgan fingerprint density at radius 1 is 1.20 bits per heavy atom. The molecule has 3 aliphatic carbocycles. The number of phenolic OH excluding ortho intramolecular Hbond substituents is 1. The van der Waals surface area contributed by atoms with Crippen molar-refractivity contribution in [2.75, 3.05) is 27.2 Å². The summed E-state index contributed by atoms with van der Waals surface area (Å²) in [5, 5.41) is 57.8. The van der Waals surface area contributed by atoms with E-state index < -0.39 is 58.0 Å². The van der Waals surface area contributed by atoms with E-state index in [9.17, 15) is 40.0 Å². The van der Waals surface area contributed by atoms with Gasteiger partial charge in [0.05, 0.1) is 11.6 Å². The average molecular weight is 554 g/mol. The second-order valence-electron chi connectivity index (χ2n) is 11.0. The summed E-state index contributed by atoms with van der Waals surface area (Å²) in [5.74, 6) is -6.73. The van der Waals surface area contributed by atoms with E-state index >= 15 is 0 Å². The van der Waals surface area contributed by atoms with Crippen LogP contribution >= 0.6 is 0 Å². The van der Waals surface area contributed by atoms with E-state index in [2.05, 4.69) is 5.32 Å². The number of nitrogens with two attached hydrogens (primary N) is 1. The molecule has 0 spiro atoms. The van der Waals surface area contributed by atoms with Crippen molar-refractivity contribution in [3.63, 3.8) is 0 Å². The minimum absolute atomic E-state index is 0.0337. The number of fused-ring (bicyclic) bond motifs is 3. The fourth-order valence-electron chi connectivity index (χ4n) is 6.52. The molecule has 12 heteroatoms. The third-order valence-corrected chi connectivity index (χ3v) is 8.41. The van der Waals surface area contributed by atoms with Crippen molar-refractivity contribution < 1.29 is 45.1 Å². The van der Waals surface area contributed by atoms with Crippen LogP contribution in [0.5, 0.6) is 5.75 Å². The Bertz CT molecular complexity index is 1440. The molecule has 1 aromatic carbocycles. The molecular formula is C28H33N4O8+. The lowest BCUT2D eigenvalue weighted by atomic mass is 9.57. The number of aliphatic hydroxyl groups excluding tert-OH is 2. The number of benzene rings is 1. The highest BCUT2D eigenvalue weighted by Crippen LogP contribution is 2.52. The number of amides is 1. The molecule has 5 atom stereocenters. The zero-order valence-electron chi connectivity index (χ0n) is 22.1. The van der Waals surface area contributed by atoms with Crippen LogP contribution in [0, 0.1) is 11.8 Å². The fraction of sp³-hybridized carbons (Fsp3) is 0.393. The van der Waals surface area contributed by atoms with Gasteiger partial charge in [0.15, 0.2) is 11.4 Å². The van der Waals surface area contributed by atoms with Gasteiger partial charge >= 0.3 is 0 Å². The first kappa shape index (κ1) is 27.7. The molecule has 1 aliphatic heterocycles. The van der Waals surface area contributed by atoms with Gasteiger partial charge in [0, 0.05) is 24.6 Å². The Balaban J connectivity index is 1.54. The van der Waals surface area contributed by atoms with Gasteiger partial charge in [0.2, 0.25) is 5.78 Å². The van der Waals surface area contributed by atoms with Crippen LogP contribution in [-0.4, -0.2) is 86.8 Å². The summed E-state index contributed by atoms with van der Waals surface area (Å²) in [4.78, 5) is 40.6. The number of carbonyl (C=O) groups is 3. The number of aromatic hydroxyl groups is 1. The van der Waals surface area contributed by atoms with Crippen LogP contribution in [-0.2, 0) is 27.3 Å². The molecule has 0 saturated heterocycles. The van der Waals surface area contributed by atoms with Gasteiger partial charge in [-0.3, -0.25) is 19.3 Å². The van der Waals surface area contributed by atoms with Crippen LogP contribution < -0.4 is 16.1 Å². The highest BCUT2D eigenvalue weighted by atomic mass is 16.5. The first-order chi connectivity index (χ1) is 18.9. The summed E-state index contributed by atoms with van der Waals surface area (Å²) in [5.41, 5.74) is 4.13. The van der Waals surface area contributed by atoms with Crippen LogP contribution in [0.2, 0.25) is 0 Å². The van der Waals surface area contributed by atoms with Gasteiger partial charge in [0.25, 0.3) is 5.91 Å². The van der Waals surface area contributed by atoms with E-state index in [-0.39, 0.29) is 34.8 Å². The summed E-state index contributed by atoms with van der Waals surface area (Å²) in [6, 6.07) is 2.01. The van der Waals surface area contributed by atoms with Crippen molar-refractivity contribution in [2.45, 2.75) is 31.0 Å². The second kappa shape index (κ2) is 9.98. The summed E-state index contributed by atoms with van der Waals surface area (Å²) in [7, 11) is 3.12. The number of ketones is 2. The molecule has 1 amide bonds. The molecule has 40 heavy (non-hydrogen) atoms. The molecule has 212 valence electrons. The number of hydroxylamine groups is 2. The predicted molar refractivity (Wildman–Crippen MR) is 141 cm³/mol. The number of Topliss-reactive ketones (excluding diaryl/α,β-unsaturated/α-hetero) is 2. The maximum atomic E-state index is 13.9. The number of nitrogens with one attached hydrogen (secondary N) is 2. The lowest BCUT2D eigenvalue weighted by Gasteiger charge is -2.50. The van der Waals surface area contributed by atoms with Crippen molar-refractivity contribution >= 4 is 23.2 Å². The fourth-order valence-corrected chi connectivity index (χ4v) is 6.52. The Morgan fingerprint density at radius 3 is 2.55 bits per heavy atom. The summed E-state index contributed by atoms with van der Waals surface area (Å²) < 4.78 is 0. The SMILES string of the molecule is CN(C)[C@@H]1C(=O)C(C(N)=O)=C(O)[C@@]2(O)C(=O)C3=C(O)c4c(O)ccc(CNCC5=CC[NH+](O)C=C5)c4C[C@H]3C[C@@H]12. The molecule has 1 fully saturated rings. The number of nitrogens with zero attached hydrogens (tertiary/aromatic N) is 1. The van der Waals surface area contributed by atoms with Crippen LogP contribution in [0.3, 0.4) is 0 Å². The van der Waals surface area contributed by atoms with Gasteiger partial charge in [-0.15, -0.1) is 0 Å². The van der Waals surface area contributed by atoms with E-state index in [1.165, 1.54) is 11.0 Å². The van der Waals surface area contributed by atoms with Crippen molar-refractivity contribution in [3.8, 4) is 5.75 Å². The zero-order valence-corrected chi connectivity index (χ0v) is 22.1. The molecule has 5 rings (SSSR count). The molecule has 1 saturated carbocycles. The number of hydrogen-bond donors (Lipinski definition) is 8. The quantitative estimate of drug-likeness (QED) is 0.198. The number of rotatable bonds is 6. The van der Waals surface area contributed by atoms with Crippen molar-refractivity contribution in [3.05, 3.63) is 69.7 Å². The highest BCUT2D eigenvalue weighted by Gasteiger charge is 2.64. The van der Waals surface area contributed by atoms with Crippen LogP contribution in [0.4, 0.5) is 0 Å². The Morgan fingerprint density at radius 2 is 1.93 bits per heavy atom. The van der Waals surface area contributed by atoms with Gasteiger partial charge in [-0.05, 0) is 67.8 Å². The number of quaternary nitrogens is 1. The summed E-state index contributed by atoms with van der Waals surface area (Å²) in [6.45, 7) is 1.35. The monoisotopic (exact) mass is 553 g/mol. The van der Waals surface area contributed by atoms with Gasteiger partial charge in [0.1, 0.15) is 35.6 Å². The van der Waals surface area contributed by atoms with Crippen molar-refractivity contribution in [1.82, 2.24) is 10.2 Å². The molecule has 4 aliphatic rings. The zero-order chi connectivity index (χ0) is 29.1. The topological polar surface area (TPSA) is 198 Å². The third-order valence-electron chi connectivity index (χ3n) is 8.41. The van der Waals surface area contributed by atoms with Crippen LogP contribution in [0.25, 0.3) is 5.76 Å². The first-order valence-corrected chi connectivity index (χ1v) is 13.0. The number of phenols is 1. The van der Waals surface area contributed by atoms with E-state index in [1.54, 1.807) is 26.4 Å². The number of hydrogen-bond acceptors (Lipinski definition) is 10. The summed E-state index contributed by atoms with van der Waals surface area (Å²) in [6.07, 6.45) is 5.62. The van der Waals surface area contributed by atoms with Crippen LogP contribution in [0.15, 0.2) is 53.0 Å². The predicted octanol–water partition coefficient (Wildman–Crippen LogP) is -1.22. The molecule has 12 nitrogen and oxygen atoms in total. The van der Waals surface area contributed by atoms with Crippen LogP contribution in [0.1, 0.15) is 23.1 Å². The smallest absolute Gasteiger partial charge is 0.255 e. The standard InChI is InChI=1S/C28H32N4O8/c1-31(2)22-17-10-15-9-16-14(12-30-11-13-5-7-32(40)8-6-13)3-4-18(33)20(16)23(34)19(15)25(36)28(17,39)26(37)21(24(22)35)27(29)38/h3-7,15,17,22,30,33-34,37,39-40H,8-12H2,1-2H3,(H2,29,38)/p+1/t15-,17-,22-,28-/m0/s1. The minimum atomic E-state index is -2.66. The van der Waals surface area contributed by atoms with Crippen molar-refractivity contribution in [2.24, 2.45) is 17.6 Å². The molecule has 0 bridgehead atoms. The van der Waals surface area contributed by atoms with E-state index in [4.69, 9.17) is 5.73 Å². The van der Waals surface area contributed by atoms with Gasteiger partial charge in [-0.25, -0.2) is 5.21 Å². The third kappa shape index (κ3) is 4.16. The highest BCUT2D eigenvalue weighted by molar-refractivity contribution is 6.24. The second-order valence-corrected chi connectivity index (χ2v) is 11.0. The number of carbonyl (C=O) groups excluding carboxylic acids is 3. The van der Waals surface area contributed by atoms with E-state index in [0.717, 1.165) is 11.1 Å². The molecule has 9 N–H and O–H groups in total. The number of primary amides is 1. The average Bonchev–Trinajstić information content (AvgIpc) is 2.88. The molecule has 1 unspecified atom stereocenters. The molecule has 1 aromatic rings. The first-order valence-electron chi connectivity index (χ1n) is 13.0. The lowest BCUT2D eigenvalue weighted by Crippen LogP contribution is -3.05. The Kier molecular flexibility index (Phi) is 6.92. The Hall–Kier alpha value is -3.81. The molecule has 1 heterocycles.